The molecule has 64 valence electrons. The molecular formula is O8Si2Zr2. The first kappa shape index (κ1) is 23.6. The summed E-state index contributed by atoms with van der Waals surface area (Å²) in [5.74, 6) is 0. The maximum absolute atomic E-state index is 8.58. The second-order valence-electron chi connectivity index (χ2n) is 1.00. The molecule has 0 saturated carbocycles. The summed E-state index contributed by atoms with van der Waals surface area (Å²) < 4.78 is 0. The van der Waals surface area contributed by atoms with Gasteiger partial charge in [0.1, 0.15) is 0 Å². The summed E-state index contributed by atoms with van der Waals surface area (Å²) in [5.41, 5.74) is 0. The summed E-state index contributed by atoms with van der Waals surface area (Å²) in [6.07, 6.45) is 0. The van der Waals surface area contributed by atoms with Crippen LogP contribution < -0.4 is 38.4 Å². The van der Waals surface area contributed by atoms with E-state index in [4.69, 9.17) is 38.4 Å². The molecule has 0 rings (SSSR count). The van der Waals surface area contributed by atoms with Crippen LogP contribution in [-0.2, 0) is 52.4 Å². The fraction of sp³-hybridized carbons (Fsp3) is 0. The monoisotopic (exact) mass is 364 g/mol. The first-order valence-electron chi connectivity index (χ1n) is 1.63. The number of hydrogen-bond acceptors (Lipinski definition) is 8. The second kappa shape index (κ2) is 9.44. The van der Waals surface area contributed by atoms with Crippen LogP contribution in [0.15, 0.2) is 0 Å². The zero-order chi connectivity index (χ0) is 9.00. The van der Waals surface area contributed by atoms with Gasteiger partial charge in [0, 0.05) is 0 Å². The summed E-state index contributed by atoms with van der Waals surface area (Å²) in [5, 5.41) is 0. The summed E-state index contributed by atoms with van der Waals surface area (Å²) in [7, 11) is -11.2. The van der Waals surface area contributed by atoms with Gasteiger partial charge in [0.2, 0.25) is 0 Å². The van der Waals surface area contributed by atoms with Gasteiger partial charge < -0.3 is 56.5 Å². The summed E-state index contributed by atoms with van der Waals surface area (Å²) in [6.45, 7) is 0. The Morgan fingerprint density at radius 3 is 0.417 bits per heavy atom. The van der Waals surface area contributed by atoms with Crippen molar-refractivity contribution in [2.75, 3.05) is 0 Å². The van der Waals surface area contributed by atoms with Gasteiger partial charge in [-0.25, -0.2) is 0 Å². The molecule has 0 bridgehead atoms. The predicted molar refractivity (Wildman–Crippen MR) is 11.5 cm³/mol. The Bertz CT molecular complexity index is 58.0. The van der Waals surface area contributed by atoms with Gasteiger partial charge in [-0.15, -0.1) is 0 Å². The third kappa shape index (κ3) is 398. The Balaban J connectivity index is -0.0000000457. The zero-order valence-corrected chi connectivity index (χ0v) is 12.2. The normalized spacial score (nSPS) is 10.0. The number of rotatable bonds is 0. The Hall–Kier alpha value is 1.88. The second-order valence-corrected chi connectivity index (χ2v) is 3.00. The van der Waals surface area contributed by atoms with E-state index in [1.807, 2.05) is 0 Å². The van der Waals surface area contributed by atoms with Crippen molar-refractivity contribution in [2.24, 2.45) is 0 Å². The average molecular weight is 367 g/mol. The molecule has 0 atom stereocenters. The van der Waals surface area contributed by atoms with Crippen LogP contribution in [0.3, 0.4) is 0 Å². The van der Waals surface area contributed by atoms with Crippen LogP contribution in [0.1, 0.15) is 0 Å². The van der Waals surface area contributed by atoms with Crippen molar-refractivity contribution in [3.63, 3.8) is 0 Å². The van der Waals surface area contributed by atoms with Crippen LogP contribution in [0.2, 0.25) is 0 Å². The predicted octanol–water partition coefficient (Wildman–Crippen LogP) is -10.3. The number of hydrogen-bond donors (Lipinski definition) is 0. The standard InChI is InChI=1S/2O4Si.2Zr/c2*1-5(2,3)4;;/q2*-4;2*+4. The molecule has 0 unspecified atom stereocenters. The smallest absolute Gasteiger partial charge is 0.894 e. The molecule has 0 aromatic rings. The fourth-order valence-corrected chi connectivity index (χ4v) is 0. The van der Waals surface area contributed by atoms with Crippen LogP contribution in [0, 0.1) is 0 Å². The minimum absolute atomic E-state index is 0. The van der Waals surface area contributed by atoms with E-state index in [2.05, 4.69) is 0 Å². The molecule has 12 heavy (non-hydrogen) atoms. The topological polar surface area (TPSA) is 184 Å². The van der Waals surface area contributed by atoms with Crippen molar-refractivity contribution in [3.8, 4) is 0 Å². The average Bonchev–Trinajstić information content (AvgIpc) is 1.12. The maximum Gasteiger partial charge on any atom is 4.00 e. The van der Waals surface area contributed by atoms with Crippen molar-refractivity contribution < 1.29 is 90.8 Å². The largest absolute Gasteiger partial charge is 4.00 e. The summed E-state index contributed by atoms with van der Waals surface area (Å²) in [4.78, 5) is 68.6. The maximum atomic E-state index is 8.58. The van der Waals surface area contributed by atoms with Gasteiger partial charge >= 0.3 is 52.4 Å². The summed E-state index contributed by atoms with van der Waals surface area (Å²) >= 11 is 0. The third-order valence-corrected chi connectivity index (χ3v) is 0. The van der Waals surface area contributed by atoms with Crippen molar-refractivity contribution in [3.05, 3.63) is 0 Å². The van der Waals surface area contributed by atoms with Gasteiger partial charge in [0.05, 0.1) is 0 Å². The molecule has 0 amide bonds. The van der Waals surface area contributed by atoms with E-state index in [0.29, 0.717) is 0 Å². The zero-order valence-electron chi connectivity index (χ0n) is 5.27. The molecule has 0 fully saturated rings. The Kier molecular flexibility index (Phi) is 18.5. The van der Waals surface area contributed by atoms with E-state index < -0.39 is 18.1 Å². The molecule has 0 aliphatic carbocycles. The van der Waals surface area contributed by atoms with Crippen LogP contribution in [0.4, 0.5) is 0 Å². The van der Waals surface area contributed by atoms with Crippen LogP contribution >= 0.6 is 0 Å². The van der Waals surface area contributed by atoms with Gasteiger partial charge in [-0.1, -0.05) is 0 Å². The molecular weight excluding hydrogens is 367 g/mol. The molecule has 0 aromatic heterocycles. The first-order chi connectivity index (χ1) is 4.00. The molecule has 0 aliphatic rings. The van der Waals surface area contributed by atoms with E-state index in [-0.39, 0.29) is 52.4 Å². The quantitative estimate of drug-likeness (QED) is 0.378. The van der Waals surface area contributed by atoms with Crippen LogP contribution in [0.25, 0.3) is 0 Å². The molecule has 0 N–H and O–H groups in total. The Labute approximate surface area is 108 Å². The van der Waals surface area contributed by atoms with E-state index in [9.17, 15) is 0 Å². The molecule has 12 heteroatoms. The van der Waals surface area contributed by atoms with Gasteiger partial charge in [0.15, 0.2) is 0 Å². The van der Waals surface area contributed by atoms with Crippen molar-refractivity contribution >= 4 is 18.1 Å². The van der Waals surface area contributed by atoms with Gasteiger partial charge in [-0.05, 0) is 0 Å². The molecule has 0 saturated heterocycles. The minimum Gasteiger partial charge on any atom is -0.894 e. The van der Waals surface area contributed by atoms with Crippen molar-refractivity contribution in [1.29, 1.82) is 0 Å². The molecule has 0 aliphatic heterocycles. The van der Waals surface area contributed by atoms with E-state index in [1.165, 1.54) is 0 Å². The molecule has 0 heterocycles. The van der Waals surface area contributed by atoms with Gasteiger partial charge in [0.25, 0.3) is 0 Å². The van der Waals surface area contributed by atoms with E-state index in [1.54, 1.807) is 0 Å². The van der Waals surface area contributed by atoms with Gasteiger partial charge in [-0.2, -0.15) is 0 Å². The molecule has 0 radical (unpaired) electrons. The third-order valence-electron chi connectivity index (χ3n) is 0. The van der Waals surface area contributed by atoms with E-state index in [0.717, 1.165) is 0 Å². The molecule has 0 spiro atoms. The van der Waals surface area contributed by atoms with Crippen LogP contribution in [-0.4, -0.2) is 18.1 Å². The Morgan fingerprint density at radius 1 is 0.417 bits per heavy atom. The van der Waals surface area contributed by atoms with Crippen molar-refractivity contribution in [2.45, 2.75) is 0 Å². The molecule has 0 aromatic carbocycles. The van der Waals surface area contributed by atoms with Crippen LogP contribution in [0.5, 0.6) is 0 Å². The summed E-state index contributed by atoms with van der Waals surface area (Å²) in [6, 6.07) is 0. The van der Waals surface area contributed by atoms with Gasteiger partial charge in [-0.3, -0.25) is 0 Å². The van der Waals surface area contributed by atoms with E-state index >= 15 is 0 Å². The Morgan fingerprint density at radius 2 is 0.417 bits per heavy atom. The first-order valence-corrected chi connectivity index (χ1v) is 4.90. The van der Waals surface area contributed by atoms with Crippen molar-refractivity contribution in [1.82, 2.24) is 0 Å². The fourth-order valence-electron chi connectivity index (χ4n) is 0. The SMILES string of the molecule is [O-][Si]([O-])([O-])[O-].[O-][Si]([O-])([O-])[O-].[Zr+4].[Zr+4]. The minimum atomic E-state index is -5.61. The molecule has 8 nitrogen and oxygen atoms in total.